The maximum atomic E-state index is 7.17. The van der Waals surface area contributed by atoms with Crippen molar-refractivity contribution in [3.8, 4) is 5.75 Å². The number of benzene rings is 2. The van der Waals surface area contributed by atoms with Crippen LogP contribution in [0.3, 0.4) is 0 Å². The number of ether oxygens (including phenoxy) is 1. The van der Waals surface area contributed by atoms with E-state index in [1.54, 1.807) is 0 Å². The molecule has 0 radical (unpaired) electrons. The summed E-state index contributed by atoms with van der Waals surface area (Å²) < 4.78 is 5.69. The van der Waals surface area contributed by atoms with Gasteiger partial charge in [-0.3, -0.25) is 5.41 Å². The molecule has 32 heavy (non-hydrogen) atoms. The van der Waals surface area contributed by atoms with E-state index in [1.165, 1.54) is 68.7 Å². The fourth-order valence-corrected chi connectivity index (χ4v) is 3.83. The van der Waals surface area contributed by atoms with E-state index < -0.39 is 0 Å². The van der Waals surface area contributed by atoms with Gasteiger partial charge >= 0.3 is 0 Å². The van der Waals surface area contributed by atoms with Crippen LogP contribution < -0.4 is 10.5 Å². The van der Waals surface area contributed by atoms with Crippen molar-refractivity contribution in [3.63, 3.8) is 0 Å². The standard InChI is InChI=1S/C26H38N4OS/c1-2-3-4-5-6-7-8-9-11-22-12-14-23(15-13-22)29-30-24-16-18-25(19-17-24)31-20-10-21-32-26(27)28/h12-19H,2-11,20-21H2,1H3,(H3,27,28). The van der Waals surface area contributed by atoms with Crippen LogP contribution in [0.1, 0.15) is 70.3 Å². The van der Waals surface area contributed by atoms with E-state index in [0.717, 1.165) is 35.7 Å². The van der Waals surface area contributed by atoms with E-state index in [1.807, 2.05) is 36.4 Å². The smallest absolute Gasteiger partial charge is 0.151 e. The van der Waals surface area contributed by atoms with E-state index in [-0.39, 0.29) is 5.17 Å². The van der Waals surface area contributed by atoms with E-state index in [2.05, 4.69) is 29.3 Å². The van der Waals surface area contributed by atoms with Gasteiger partial charge in [0.05, 0.1) is 18.0 Å². The quantitative estimate of drug-likeness (QED) is 0.116. The van der Waals surface area contributed by atoms with Crippen molar-refractivity contribution in [2.45, 2.75) is 71.1 Å². The maximum absolute atomic E-state index is 7.17. The van der Waals surface area contributed by atoms with Gasteiger partial charge in [0.2, 0.25) is 0 Å². The summed E-state index contributed by atoms with van der Waals surface area (Å²) in [5, 5.41) is 16.0. The highest BCUT2D eigenvalue weighted by atomic mass is 32.2. The van der Waals surface area contributed by atoms with Crippen LogP contribution >= 0.6 is 11.8 Å². The summed E-state index contributed by atoms with van der Waals surface area (Å²) in [7, 11) is 0. The van der Waals surface area contributed by atoms with Gasteiger partial charge in [-0.05, 0) is 61.2 Å². The number of nitrogens with two attached hydrogens (primary N) is 1. The van der Waals surface area contributed by atoms with Crippen LogP contribution in [0.25, 0.3) is 0 Å². The molecule has 0 heterocycles. The second kappa shape index (κ2) is 16.3. The van der Waals surface area contributed by atoms with Gasteiger partial charge in [0.25, 0.3) is 0 Å². The van der Waals surface area contributed by atoms with Crippen molar-refractivity contribution in [2.24, 2.45) is 16.0 Å². The van der Waals surface area contributed by atoms with Crippen LogP contribution in [0.4, 0.5) is 11.4 Å². The van der Waals surface area contributed by atoms with Crippen LogP contribution in [-0.4, -0.2) is 17.5 Å². The fourth-order valence-electron chi connectivity index (χ4n) is 3.35. The number of aryl methyl sites for hydroxylation is 1. The van der Waals surface area contributed by atoms with Crippen molar-refractivity contribution >= 4 is 28.3 Å². The number of azo groups is 1. The summed E-state index contributed by atoms with van der Waals surface area (Å²) in [6.45, 7) is 2.87. The van der Waals surface area contributed by atoms with Gasteiger partial charge in [-0.25, -0.2) is 0 Å². The maximum Gasteiger partial charge on any atom is 0.151 e. The van der Waals surface area contributed by atoms with Crippen molar-refractivity contribution in [2.75, 3.05) is 12.4 Å². The summed E-state index contributed by atoms with van der Waals surface area (Å²) in [6.07, 6.45) is 12.8. The topological polar surface area (TPSA) is 83.8 Å². The average molecular weight is 455 g/mol. The van der Waals surface area contributed by atoms with Crippen molar-refractivity contribution in [3.05, 3.63) is 54.1 Å². The highest BCUT2D eigenvalue weighted by Crippen LogP contribution is 2.22. The molecule has 0 saturated heterocycles. The Balaban J connectivity index is 1.65. The molecule has 0 saturated carbocycles. The van der Waals surface area contributed by atoms with Crippen LogP contribution in [0.5, 0.6) is 5.75 Å². The second-order valence-electron chi connectivity index (χ2n) is 8.00. The molecule has 0 aliphatic heterocycles. The molecule has 2 aromatic rings. The Kier molecular flexibility index (Phi) is 13.2. The molecule has 0 bridgehead atoms. The van der Waals surface area contributed by atoms with Gasteiger partial charge in [0.1, 0.15) is 5.75 Å². The van der Waals surface area contributed by atoms with Crippen molar-refractivity contribution in [1.82, 2.24) is 0 Å². The molecule has 0 spiro atoms. The molecule has 0 aromatic heterocycles. The lowest BCUT2D eigenvalue weighted by Gasteiger charge is -2.05. The largest absolute Gasteiger partial charge is 0.494 e. The Morgan fingerprint density at radius 2 is 1.38 bits per heavy atom. The third-order valence-corrected chi connectivity index (χ3v) is 5.99. The second-order valence-corrected chi connectivity index (χ2v) is 9.14. The first-order chi connectivity index (χ1) is 15.7. The number of hydrogen-bond acceptors (Lipinski definition) is 5. The highest BCUT2D eigenvalue weighted by molar-refractivity contribution is 8.13. The minimum atomic E-state index is 0.151. The van der Waals surface area contributed by atoms with Gasteiger partial charge in [0, 0.05) is 5.75 Å². The average Bonchev–Trinajstić information content (AvgIpc) is 2.80. The van der Waals surface area contributed by atoms with E-state index in [4.69, 9.17) is 15.9 Å². The summed E-state index contributed by atoms with van der Waals surface area (Å²) >= 11 is 1.34. The summed E-state index contributed by atoms with van der Waals surface area (Å²) in [6, 6.07) is 16.0. The van der Waals surface area contributed by atoms with Crippen molar-refractivity contribution < 1.29 is 4.74 Å². The zero-order chi connectivity index (χ0) is 22.9. The van der Waals surface area contributed by atoms with E-state index in [0.29, 0.717) is 6.61 Å². The number of amidine groups is 1. The van der Waals surface area contributed by atoms with E-state index in [9.17, 15) is 0 Å². The molecule has 5 nitrogen and oxygen atoms in total. The van der Waals surface area contributed by atoms with Gasteiger partial charge < -0.3 is 10.5 Å². The minimum Gasteiger partial charge on any atom is -0.494 e. The molecule has 3 N–H and O–H groups in total. The molecule has 174 valence electrons. The Bertz CT molecular complexity index is 790. The summed E-state index contributed by atoms with van der Waals surface area (Å²) in [5.41, 5.74) is 8.35. The number of nitrogens with one attached hydrogen (secondary N) is 1. The normalized spacial score (nSPS) is 11.2. The lowest BCUT2D eigenvalue weighted by molar-refractivity contribution is 0.319. The zero-order valence-electron chi connectivity index (χ0n) is 19.4. The molecular formula is C26H38N4OS. The minimum absolute atomic E-state index is 0.151. The molecule has 0 atom stereocenters. The van der Waals surface area contributed by atoms with Crippen LogP contribution in [0.15, 0.2) is 58.8 Å². The van der Waals surface area contributed by atoms with Gasteiger partial charge in [-0.1, -0.05) is 75.8 Å². The Morgan fingerprint density at radius 3 is 1.97 bits per heavy atom. The number of hydrogen-bond donors (Lipinski definition) is 2. The number of nitrogens with zero attached hydrogens (tertiary/aromatic N) is 2. The number of rotatable bonds is 16. The SMILES string of the molecule is CCCCCCCCCCc1ccc(N=Nc2ccc(OCCCSC(=N)N)cc2)cc1. The number of thioether (sulfide) groups is 1. The highest BCUT2D eigenvalue weighted by Gasteiger charge is 1.98. The molecule has 6 heteroatoms. The van der Waals surface area contributed by atoms with Crippen LogP contribution in [0.2, 0.25) is 0 Å². The molecule has 0 amide bonds. The molecule has 2 rings (SSSR count). The van der Waals surface area contributed by atoms with Gasteiger partial charge in [-0.2, -0.15) is 10.2 Å². The predicted octanol–water partition coefficient (Wildman–Crippen LogP) is 8.18. The molecule has 0 aliphatic carbocycles. The van der Waals surface area contributed by atoms with Crippen molar-refractivity contribution in [1.29, 1.82) is 5.41 Å². The summed E-state index contributed by atoms with van der Waals surface area (Å²) in [5.74, 6) is 1.60. The predicted molar refractivity (Wildman–Crippen MR) is 138 cm³/mol. The van der Waals surface area contributed by atoms with Crippen LogP contribution in [-0.2, 0) is 6.42 Å². The molecule has 2 aromatic carbocycles. The summed E-state index contributed by atoms with van der Waals surface area (Å²) in [4.78, 5) is 0. The third kappa shape index (κ3) is 11.9. The molecule has 0 fully saturated rings. The first kappa shape index (κ1) is 25.9. The fraction of sp³-hybridized carbons (Fsp3) is 0.500. The lowest BCUT2D eigenvalue weighted by Crippen LogP contribution is -2.06. The first-order valence-electron chi connectivity index (χ1n) is 11.9. The molecule has 0 aliphatic rings. The number of unbranched alkanes of at least 4 members (excludes halogenated alkanes) is 7. The Hall–Kier alpha value is -2.34. The first-order valence-corrected chi connectivity index (χ1v) is 12.9. The Morgan fingerprint density at radius 1 is 0.812 bits per heavy atom. The monoisotopic (exact) mass is 454 g/mol. The van der Waals surface area contributed by atoms with Gasteiger partial charge in [-0.15, -0.1) is 0 Å². The lowest BCUT2D eigenvalue weighted by atomic mass is 10.0. The molecular weight excluding hydrogens is 416 g/mol. The van der Waals surface area contributed by atoms with Gasteiger partial charge in [0.15, 0.2) is 5.17 Å². The van der Waals surface area contributed by atoms with Crippen LogP contribution in [0, 0.1) is 5.41 Å². The zero-order valence-corrected chi connectivity index (χ0v) is 20.2. The molecule has 0 unspecified atom stereocenters. The Labute approximate surface area is 197 Å². The third-order valence-electron chi connectivity index (χ3n) is 5.19. The van der Waals surface area contributed by atoms with E-state index >= 15 is 0 Å².